The van der Waals surface area contributed by atoms with Crippen molar-refractivity contribution in [2.45, 2.75) is 0 Å². The maximum atomic E-state index is 11.0. The van der Waals surface area contributed by atoms with Gasteiger partial charge in [-0.25, -0.2) is 4.79 Å². The molecule has 0 aliphatic rings. The minimum Gasteiger partial charge on any atom is -0.478 e. The maximum Gasteiger partial charge on any atom is 0.337 e. The number of carbonyl (C=O) groups is 1. The molecule has 0 saturated heterocycles. The number of carboxylic acids is 1. The largest absolute Gasteiger partial charge is 0.478 e. The van der Waals surface area contributed by atoms with E-state index in [1.54, 1.807) is 18.2 Å². The van der Waals surface area contributed by atoms with Crippen molar-refractivity contribution in [2.75, 3.05) is 11.1 Å². The van der Waals surface area contributed by atoms with Crippen molar-refractivity contribution < 1.29 is 9.90 Å². The van der Waals surface area contributed by atoms with E-state index in [9.17, 15) is 4.79 Å². The van der Waals surface area contributed by atoms with E-state index in [2.05, 4.69) is 27.9 Å². The standard InChI is InChI=1S/C13H10ClIN2O2/c14-7-4-5-10(9(15)6-7)17-11-3-1-2-8(12(11)16)13(18)19/h1-6,17H,16H2,(H,18,19). The van der Waals surface area contributed by atoms with Gasteiger partial charge in [0.05, 0.1) is 22.6 Å². The average molecular weight is 389 g/mol. The minimum absolute atomic E-state index is 0.0778. The molecule has 19 heavy (non-hydrogen) atoms. The first-order valence-corrected chi connectivity index (χ1v) is 6.78. The Balaban J connectivity index is 2.38. The second-order valence-electron chi connectivity index (χ2n) is 3.82. The monoisotopic (exact) mass is 388 g/mol. The van der Waals surface area contributed by atoms with Gasteiger partial charge < -0.3 is 16.2 Å². The number of nitrogens with two attached hydrogens (primary N) is 1. The zero-order valence-corrected chi connectivity index (χ0v) is 12.6. The third-order valence-corrected chi connectivity index (χ3v) is 3.66. The summed E-state index contributed by atoms with van der Waals surface area (Å²) in [5.74, 6) is -1.05. The Morgan fingerprint density at radius 3 is 2.63 bits per heavy atom. The normalized spacial score (nSPS) is 10.2. The zero-order valence-electron chi connectivity index (χ0n) is 9.65. The number of benzene rings is 2. The fourth-order valence-electron chi connectivity index (χ4n) is 1.60. The number of anilines is 3. The Labute approximate surface area is 128 Å². The summed E-state index contributed by atoms with van der Waals surface area (Å²) >= 11 is 8.03. The van der Waals surface area contributed by atoms with Gasteiger partial charge >= 0.3 is 5.97 Å². The third-order valence-electron chi connectivity index (χ3n) is 2.54. The molecule has 0 radical (unpaired) electrons. The van der Waals surface area contributed by atoms with Crippen molar-refractivity contribution in [2.24, 2.45) is 0 Å². The van der Waals surface area contributed by atoms with Crippen LogP contribution < -0.4 is 11.1 Å². The van der Waals surface area contributed by atoms with E-state index < -0.39 is 5.97 Å². The van der Waals surface area contributed by atoms with E-state index >= 15 is 0 Å². The highest BCUT2D eigenvalue weighted by molar-refractivity contribution is 14.1. The predicted molar refractivity (Wildman–Crippen MR) is 85.3 cm³/mol. The van der Waals surface area contributed by atoms with Crippen molar-refractivity contribution in [3.05, 3.63) is 50.6 Å². The van der Waals surface area contributed by atoms with Gasteiger partial charge in [-0.3, -0.25) is 0 Å². The highest BCUT2D eigenvalue weighted by Crippen LogP contribution is 2.30. The summed E-state index contributed by atoms with van der Waals surface area (Å²) in [7, 11) is 0. The fraction of sp³-hybridized carbons (Fsp3) is 0. The van der Waals surface area contributed by atoms with Crippen LogP contribution in [-0.4, -0.2) is 11.1 Å². The molecule has 0 saturated carbocycles. The number of rotatable bonds is 3. The van der Waals surface area contributed by atoms with E-state index in [1.807, 2.05) is 12.1 Å². The molecule has 0 amide bonds. The Hall–Kier alpha value is -1.47. The molecule has 0 bridgehead atoms. The summed E-state index contributed by atoms with van der Waals surface area (Å²) in [6, 6.07) is 10.2. The van der Waals surface area contributed by atoms with Gasteiger partial charge in [-0.2, -0.15) is 0 Å². The lowest BCUT2D eigenvalue weighted by Gasteiger charge is -2.12. The molecular weight excluding hydrogens is 379 g/mol. The summed E-state index contributed by atoms with van der Waals surface area (Å²) in [5.41, 5.74) is 7.50. The zero-order chi connectivity index (χ0) is 14.0. The van der Waals surface area contributed by atoms with Crippen LogP contribution in [0, 0.1) is 3.57 Å². The molecule has 0 fully saturated rings. The van der Waals surface area contributed by atoms with Crippen LogP contribution in [0.1, 0.15) is 10.4 Å². The lowest BCUT2D eigenvalue weighted by atomic mass is 10.1. The molecule has 0 atom stereocenters. The number of para-hydroxylation sites is 1. The average Bonchev–Trinajstić information content (AvgIpc) is 2.34. The molecule has 0 heterocycles. The van der Waals surface area contributed by atoms with Gasteiger partial charge in [0.15, 0.2) is 0 Å². The Morgan fingerprint density at radius 2 is 2.00 bits per heavy atom. The first-order valence-electron chi connectivity index (χ1n) is 5.33. The summed E-state index contributed by atoms with van der Waals surface area (Å²) in [5, 5.41) is 12.8. The lowest BCUT2D eigenvalue weighted by molar-refractivity contribution is 0.0698. The third kappa shape index (κ3) is 3.10. The van der Waals surface area contributed by atoms with E-state index in [0.29, 0.717) is 10.7 Å². The van der Waals surface area contributed by atoms with E-state index in [-0.39, 0.29) is 11.3 Å². The van der Waals surface area contributed by atoms with Crippen LogP contribution in [-0.2, 0) is 0 Å². The molecule has 0 aromatic heterocycles. The van der Waals surface area contributed by atoms with Crippen LogP contribution in [0.4, 0.5) is 17.1 Å². The van der Waals surface area contributed by atoms with Crippen molar-refractivity contribution in [1.29, 1.82) is 0 Å². The number of aromatic carboxylic acids is 1. The molecular formula is C13H10ClIN2O2. The van der Waals surface area contributed by atoms with Crippen molar-refractivity contribution in [3.63, 3.8) is 0 Å². The summed E-state index contributed by atoms with van der Waals surface area (Å²) in [6.07, 6.45) is 0. The smallest absolute Gasteiger partial charge is 0.337 e. The van der Waals surface area contributed by atoms with Crippen LogP contribution in [0.3, 0.4) is 0 Å². The molecule has 2 aromatic rings. The minimum atomic E-state index is -1.05. The Bertz CT molecular complexity index is 647. The van der Waals surface area contributed by atoms with Gasteiger partial charge in [-0.05, 0) is 52.9 Å². The van der Waals surface area contributed by atoms with Gasteiger partial charge in [-0.15, -0.1) is 0 Å². The number of nitrogens with one attached hydrogen (secondary N) is 1. The second kappa shape index (κ2) is 5.66. The molecule has 2 aromatic carbocycles. The number of hydrogen-bond acceptors (Lipinski definition) is 3. The second-order valence-corrected chi connectivity index (χ2v) is 5.42. The lowest BCUT2D eigenvalue weighted by Crippen LogP contribution is -2.05. The van der Waals surface area contributed by atoms with E-state index in [0.717, 1.165) is 9.26 Å². The first kappa shape index (κ1) is 14.0. The van der Waals surface area contributed by atoms with Gasteiger partial charge in [0.1, 0.15) is 0 Å². The molecule has 6 heteroatoms. The number of hydrogen-bond donors (Lipinski definition) is 3. The van der Waals surface area contributed by atoms with E-state index in [1.165, 1.54) is 6.07 Å². The van der Waals surface area contributed by atoms with Crippen LogP contribution in [0.15, 0.2) is 36.4 Å². The number of carboxylic acid groups (broad SMARTS) is 1. The highest BCUT2D eigenvalue weighted by atomic mass is 127. The molecule has 0 spiro atoms. The molecule has 0 aliphatic heterocycles. The van der Waals surface area contributed by atoms with Crippen LogP contribution in [0.25, 0.3) is 0 Å². The van der Waals surface area contributed by atoms with Gasteiger partial charge in [0.2, 0.25) is 0 Å². The Morgan fingerprint density at radius 1 is 1.26 bits per heavy atom. The van der Waals surface area contributed by atoms with Crippen LogP contribution in [0.5, 0.6) is 0 Å². The van der Waals surface area contributed by atoms with Gasteiger partial charge in [-0.1, -0.05) is 17.7 Å². The van der Waals surface area contributed by atoms with Crippen molar-refractivity contribution in [1.82, 2.24) is 0 Å². The fourth-order valence-corrected chi connectivity index (χ4v) is 2.60. The van der Waals surface area contributed by atoms with Crippen LogP contribution >= 0.6 is 34.2 Å². The van der Waals surface area contributed by atoms with Gasteiger partial charge in [0.25, 0.3) is 0 Å². The topological polar surface area (TPSA) is 75.3 Å². The SMILES string of the molecule is Nc1c(Nc2ccc(Cl)cc2I)cccc1C(=O)O. The predicted octanol–water partition coefficient (Wildman–Crippen LogP) is 3.97. The molecule has 0 aliphatic carbocycles. The van der Waals surface area contributed by atoms with Crippen LogP contribution in [0.2, 0.25) is 5.02 Å². The van der Waals surface area contributed by atoms with Crippen molar-refractivity contribution >= 4 is 57.2 Å². The molecule has 4 N–H and O–H groups in total. The molecule has 0 unspecified atom stereocenters. The first-order chi connectivity index (χ1) is 8.99. The molecule has 2 rings (SSSR count). The summed E-state index contributed by atoms with van der Waals surface area (Å²) in [4.78, 5) is 11.0. The summed E-state index contributed by atoms with van der Waals surface area (Å²) in [6.45, 7) is 0. The quantitative estimate of drug-likeness (QED) is 0.549. The van der Waals surface area contributed by atoms with E-state index in [4.69, 9.17) is 22.4 Å². The Kier molecular flexibility index (Phi) is 4.16. The van der Waals surface area contributed by atoms with Crippen molar-refractivity contribution in [3.8, 4) is 0 Å². The van der Waals surface area contributed by atoms with Gasteiger partial charge in [0, 0.05) is 8.59 Å². The molecule has 98 valence electrons. The number of halogens is 2. The number of nitrogen functional groups attached to an aromatic ring is 1. The maximum absolute atomic E-state index is 11.0. The summed E-state index contributed by atoms with van der Waals surface area (Å²) < 4.78 is 0.922. The molecule has 4 nitrogen and oxygen atoms in total. The highest BCUT2D eigenvalue weighted by Gasteiger charge is 2.11.